The van der Waals surface area contributed by atoms with E-state index in [9.17, 15) is 4.48 Å². The fourth-order valence-electron chi connectivity index (χ4n) is 1.29. The van der Waals surface area contributed by atoms with E-state index in [0.29, 0.717) is 11.9 Å². The molecule has 0 N–H and O–H groups in total. The van der Waals surface area contributed by atoms with Gasteiger partial charge in [0.05, 0.1) is 13.2 Å². The summed E-state index contributed by atoms with van der Waals surface area (Å²) in [4.78, 5) is 4.91. The van der Waals surface area contributed by atoms with Crippen LogP contribution in [0.15, 0.2) is 30.3 Å². The fraction of sp³-hybridized carbons (Fsp3) is 0.500. The zero-order valence-electron chi connectivity index (χ0n) is 9.16. The van der Waals surface area contributed by atoms with Gasteiger partial charge in [-0.15, -0.1) is 4.48 Å². The largest absolute Gasteiger partial charge is 0.270 e. The first-order chi connectivity index (χ1) is 7.33. The molecule has 0 saturated heterocycles. The summed E-state index contributed by atoms with van der Waals surface area (Å²) in [7, 11) is 0. The van der Waals surface area contributed by atoms with Crippen LogP contribution in [0.4, 0.5) is 4.48 Å². The van der Waals surface area contributed by atoms with E-state index in [1.165, 1.54) is 0 Å². The van der Waals surface area contributed by atoms with Crippen molar-refractivity contribution in [2.75, 3.05) is 6.61 Å². The van der Waals surface area contributed by atoms with Crippen LogP contribution in [-0.4, -0.2) is 11.9 Å². The molecule has 84 valence electrons. The maximum atomic E-state index is 13.1. The molecule has 0 aromatic heterocycles. The molecule has 0 aliphatic rings. The van der Waals surface area contributed by atoms with Crippen molar-refractivity contribution in [1.82, 2.24) is 5.29 Å². The van der Waals surface area contributed by atoms with Gasteiger partial charge in [0.2, 0.25) is 0 Å². The molecule has 0 aliphatic heterocycles. The third-order valence-electron chi connectivity index (χ3n) is 2.13. The molecule has 2 nitrogen and oxygen atoms in total. The van der Waals surface area contributed by atoms with Crippen molar-refractivity contribution in [3.8, 4) is 0 Å². The number of unbranched alkanes of at least 4 members (excludes halogenated alkanes) is 2. The molecule has 0 amide bonds. The average molecular weight is 211 g/mol. The number of hydroxylamine groups is 1. The highest BCUT2D eigenvalue weighted by Crippen LogP contribution is 2.06. The molecular formula is C12H18FNO. The Kier molecular flexibility index (Phi) is 5.97. The van der Waals surface area contributed by atoms with Gasteiger partial charge in [-0.05, 0) is 17.3 Å². The lowest BCUT2D eigenvalue weighted by Crippen LogP contribution is -2.14. The smallest absolute Gasteiger partial charge is 0.0819 e. The SMILES string of the molecule is CCCCCON(F)Cc1ccccc1. The van der Waals surface area contributed by atoms with Crippen molar-refractivity contribution >= 4 is 0 Å². The van der Waals surface area contributed by atoms with E-state index in [1.54, 1.807) is 0 Å². The number of nitrogens with zero attached hydrogens (tertiary/aromatic N) is 1. The molecule has 0 aliphatic carbocycles. The van der Waals surface area contributed by atoms with Crippen molar-refractivity contribution < 1.29 is 9.32 Å². The Morgan fingerprint density at radius 2 is 1.93 bits per heavy atom. The van der Waals surface area contributed by atoms with Crippen LogP contribution < -0.4 is 0 Å². The van der Waals surface area contributed by atoms with Gasteiger partial charge in [-0.25, -0.2) is 0 Å². The molecule has 0 unspecified atom stereocenters. The maximum absolute atomic E-state index is 13.1. The van der Waals surface area contributed by atoms with E-state index in [-0.39, 0.29) is 6.54 Å². The molecule has 0 radical (unpaired) electrons. The van der Waals surface area contributed by atoms with Gasteiger partial charge >= 0.3 is 0 Å². The first kappa shape index (κ1) is 12.1. The lowest BCUT2D eigenvalue weighted by Gasteiger charge is -2.11. The van der Waals surface area contributed by atoms with Crippen LogP contribution >= 0.6 is 0 Å². The van der Waals surface area contributed by atoms with Crippen molar-refractivity contribution in [1.29, 1.82) is 0 Å². The number of rotatable bonds is 7. The van der Waals surface area contributed by atoms with E-state index in [1.807, 2.05) is 30.3 Å². The highest BCUT2D eigenvalue weighted by molar-refractivity contribution is 5.13. The van der Waals surface area contributed by atoms with Gasteiger partial charge in [0.15, 0.2) is 0 Å². The molecule has 1 aromatic carbocycles. The molecule has 15 heavy (non-hydrogen) atoms. The average Bonchev–Trinajstić information content (AvgIpc) is 2.26. The molecule has 0 atom stereocenters. The number of hydrogen-bond donors (Lipinski definition) is 0. The maximum Gasteiger partial charge on any atom is 0.0819 e. The van der Waals surface area contributed by atoms with E-state index in [2.05, 4.69) is 6.92 Å². The van der Waals surface area contributed by atoms with Gasteiger partial charge in [0, 0.05) is 0 Å². The molecule has 0 bridgehead atoms. The number of halogens is 1. The number of hydrogen-bond acceptors (Lipinski definition) is 2. The van der Waals surface area contributed by atoms with Gasteiger partial charge in [-0.1, -0.05) is 50.1 Å². The van der Waals surface area contributed by atoms with Gasteiger partial charge in [0.1, 0.15) is 0 Å². The quantitative estimate of drug-likeness (QED) is 0.389. The van der Waals surface area contributed by atoms with Crippen LogP contribution in [0.2, 0.25) is 0 Å². The monoisotopic (exact) mass is 211 g/mol. The van der Waals surface area contributed by atoms with Crippen molar-refractivity contribution in [3.63, 3.8) is 0 Å². The number of benzene rings is 1. The molecule has 0 heterocycles. The first-order valence-corrected chi connectivity index (χ1v) is 5.43. The van der Waals surface area contributed by atoms with Crippen LogP contribution in [0.5, 0.6) is 0 Å². The highest BCUT2D eigenvalue weighted by atomic mass is 19.2. The summed E-state index contributed by atoms with van der Waals surface area (Å²) in [6.07, 6.45) is 3.11. The predicted molar refractivity (Wildman–Crippen MR) is 58.6 cm³/mol. The van der Waals surface area contributed by atoms with Gasteiger partial charge in [-0.2, -0.15) is 0 Å². The summed E-state index contributed by atoms with van der Waals surface area (Å²) >= 11 is 0. The lowest BCUT2D eigenvalue weighted by molar-refractivity contribution is -0.287. The third-order valence-corrected chi connectivity index (χ3v) is 2.13. The van der Waals surface area contributed by atoms with E-state index in [0.717, 1.165) is 24.8 Å². The summed E-state index contributed by atoms with van der Waals surface area (Å²) in [5.74, 6) is 0. The second kappa shape index (κ2) is 7.37. The second-order valence-corrected chi connectivity index (χ2v) is 3.50. The van der Waals surface area contributed by atoms with Crippen molar-refractivity contribution in [2.45, 2.75) is 32.7 Å². The molecular weight excluding hydrogens is 193 g/mol. The van der Waals surface area contributed by atoms with Crippen LogP contribution in [0.25, 0.3) is 0 Å². The predicted octanol–water partition coefficient (Wildman–Crippen LogP) is 3.49. The zero-order chi connectivity index (χ0) is 10.9. The summed E-state index contributed by atoms with van der Waals surface area (Å²) in [5, 5.41) is 0.408. The minimum absolute atomic E-state index is 0.187. The molecule has 1 rings (SSSR count). The first-order valence-electron chi connectivity index (χ1n) is 5.43. The normalized spacial score (nSPS) is 10.9. The summed E-state index contributed by atoms with van der Waals surface area (Å²) in [6, 6.07) is 9.44. The van der Waals surface area contributed by atoms with Crippen LogP contribution in [0.3, 0.4) is 0 Å². The van der Waals surface area contributed by atoms with Gasteiger partial charge < -0.3 is 0 Å². The Morgan fingerprint density at radius 1 is 1.20 bits per heavy atom. The Labute approximate surface area is 90.5 Å². The van der Waals surface area contributed by atoms with Crippen LogP contribution in [0, 0.1) is 0 Å². The zero-order valence-corrected chi connectivity index (χ0v) is 9.16. The second-order valence-electron chi connectivity index (χ2n) is 3.50. The minimum atomic E-state index is 0.187. The molecule has 3 heteroatoms. The molecule has 0 spiro atoms. The van der Waals surface area contributed by atoms with Crippen molar-refractivity contribution in [2.24, 2.45) is 0 Å². The highest BCUT2D eigenvalue weighted by Gasteiger charge is 2.03. The Balaban J connectivity index is 2.16. The standard InChI is InChI=1S/C12H18FNO/c1-2-3-7-10-15-14(13)11-12-8-5-4-6-9-12/h4-6,8-9H,2-3,7,10-11H2,1H3. The summed E-state index contributed by atoms with van der Waals surface area (Å²) < 4.78 is 13.1. The summed E-state index contributed by atoms with van der Waals surface area (Å²) in [5.41, 5.74) is 0.912. The van der Waals surface area contributed by atoms with Crippen LogP contribution in [-0.2, 0) is 11.4 Å². The molecule has 1 aromatic rings. The lowest BCUT2D eigenvalue weighted by atomic mass is 10.2. The fourth-order valence-corrected chi connectivity index (χ4v) is 1.29. The molecule has 0 fully saturated rings. The topological polar surface area (TPSA) is 12.5 Å². The summed E-state index contributed by atoms with van der Waals surface area (Å²) in [6.45, 7) is 2.75. The molecule has 0 saturated carbocycles. The van der Waals surface area contributed by atoms with Gasteiger partial charge in [0.25, 0.3) is 0 Å². The Hall–Kier alpha value is -0.930. The van der Waals surface area contributed by atoms with Gasteiger partial charge in [-0.3, -0.25) is 4.84 Å². The third kappa shape index (κ3) is 5.50. The Morgan fingerprint density at radius 3 is 2.60 bits per heavy atom. The van der Waals surface area contributed by atoms with Crippen molar-refractivity contribution in [3.05, 3.63) is 35.9 Å². The minimum Gasteiger partial charge on any atom is -0.270 e. The van der Waals surface area contributed by atoms with E-state index in [4.69, 9.17) is 4.84 Å². The van der Waals surface area contributed by atoms with Crippen LogP contribution in [0.1, 0.15) is 31.7 Å². The van der Waals surface area contributed by atoms with E-state index < -0.39 is 0 Å². The Bertz CT molecular complexity index is 253. The van der Waals surface area contributed by atoms with E-state index >= 15 is 0 Å².